The van der Waals surface area contributed by atoms with Gasteiger partial charge in [-0.15, -0.1) is 0 Å². The van der Waals surface area contributed by atoms with Crippen LogP contribution in [-0.2, 0) is 14.8 Å². The van der Waals surface area contributed by atoms with Gasteiger partial charge in [0.1, 0.15) is 6.04 Å². The summed E-state index contributed by atoms with van der Waals surface area (Å²) in [5.41, 5.74) is 0. The van der Waals surface area contributed by atoms with Crippen molar-refractivity contribution in [1.82, 2.24) is 10.2 Å². The van der Waals surface area contributed by atoms with Crippen LogP contribution in [0.5, 0.6) is 0 Å². The Bertz CT molecular complexity index is 329. The number of sulfonamides is 1. The van der Waals surface area contributed by atoms with Gasteiger partial charge in [-0.3, -0.25) is 9.69 Å². The average molecular weight is 237 g/mol. The van der Waals surface area contributed by atoms with Gasteiger partial charge in [0.25, 0.3) is 0 Å². The van der Waals surface area contributed by atoms with E-state index in [2.05, 4.69) is 5.32 Å². The minimum absolute atomic E-state index is 0.164. The largest absolute Gasteiger partial charge is 0.480 e. The molecule has 1 rings (SSSR count). The normalized spacial score (nSPS) is 23.9. The van der Waals surface area contributed by atoms with Gasteiger partial charge < -0.3 is 10.4 Å². The highest BCUT2D eigenvalue weighted by Gasteiger charge is 2.28. The number of carboxylic acid groups (broad SMARTS) is 1. The molecule has 0 aliphatic carbocycles. The Morgan fingerprint density at radius 1 is 1.60 bits per heavy atom. The Labute approximate surface area is 88.3 Å². The van der Waals surface area contributed by atoms with Crippen LogP contribution in [0.2, 0.25) is 0 Å². The molecule has 1 aliphatic heterocycles. The lowest BCUT2D eigenvalue weighted by molar-refractivity contribution is -0.143. The second kappa shape index (κ2) is 4.88. The number of hydrogen-bond donors (Lipinski definition) is 3. The molecule has 0 aromatic rings. The number of primary sulfonamides is 1. The van der Waals surface area contributed by atoms with Crippen LogP contribution in [0, 0.1) is 0 Å². The molecule has 1 fully saturated rings. The number of hydrogen-bond acceptors (Lipinski definition) is 5. The van der Waals surface area contributed by atoms with Crippen molar-refractivity contribution in [2.24, 2.45) is 5.14 Å². The average Bonchev–Trinajstić information content (AvgIpc) is 2.14. The smallest absolute Gasteiger partial charge is 0.322 e. The summed E-state index contributed by atoms with van der Waals surface area (Å²) in [5.74, 6) is -1.16. The van der Waals surface area contributed by atoms with Gasteiger partial charge in [0, 0.05) is 26.2 Å². The van der Waals surface area contributed by atoms with Gasteiger partial charge in [-0.25, -0.2) is 13.6 Å². The Morgan fingerprint density at radius 2 is 2.27 bits per heavy atom. The second-order valence-electron chi connectivity index (χ2n) is 3.46. The first kappa shape index (κ1) is 12.4. The van der Waals surface area contributed by atoms with Crippen molar-refractivity contribution in [2.75, 3.05) is 31.9 Å². The number of nitrogens with one attached hydrogen (secondary N) is 1. The van der Waals surface area contributed by atoms with Crippen LogP contribution in [0.25, 0.3) is 0 Å². The molecule has 1 aliphatic rings. The van der Waals surface area contributed by atoms with E-state index in [1.54, 1.807) is 4.90 Å². The van der Waals surface area contributed by atoms with E-state index in [0.29, 0.717) is 19.6 Å². The number of rotatable bonds is 4. The van der Waals surface area contributed by atoms with Gasteiger partial charge in [0.05, 0.1) is 5.75 Å². The van der Waals surface area contributed by atoms with Crippen LogP contribution in [0.1, 0.15) is 0 Å². The predicted octanol–water partition coefficient (Wildman–Crippen LogP) is -2.37. The van der Waals surface area contributed by atoms with Gasteiger partial charge >= 0.3 is 5.97 Å². The lowest BCUT2D eigenvalue weighted by Crippen LogP contribution is -2.56. The molecule has 1 saturated heterocycles. The molecule has 1 unspecified atom stereocenters. The topological polar surface area (TPSA) is 113 Å². The van der Waals surface area contributed by atoms with Crippen LogP contribution >= 0.6 is 0 Å². The number of nitrogens with two attached hydrogens (primary N) is 1. The molecule has 1 heterocycles. The molecule has 0 saturated carbocycles. The minimum atomic E-state index is -3.53. The monoisotopic (exact) mass is 237 g/mol. The Balaban J connectivity index is 2.54. The van der Waals surface area contributed by atoms with Gasteiger partial charge in [0.15, 0.2) is 0 Å². The first-order valence-electron chi connectivity index (χ1n) is 4.58. The Hall–Kier alpha value is -0.700. The molecule has 8 heteroatoms. The highest BCUT2D eigenvalue weighted by Crippen LogP contribution is 2.03. The summed E-state index contributed by atoms with van der Waals surface area (Å²) in [6.07, 6.45) is 0. The summed E-state index contributed by atoms with van der Waals surface area (Å²) in [5, 5.41) is 16.7. The predicted molar refractivity (Wildman–Crippen MR) is 53.8 cm³/mol. The van der Waals surface area contributed by atoms with Crippen molar-refractivity contribution >= 4 is 16.0 Å². The fourth-order valence-electron chi connectivity index (χ4n) is 1.50. The fourth-order valence-corrected chi connectivity index (χ4v) is 1.99. The van der Waals surface area contributed by atoms with E-state index in [-0.39, 0.29) is 12.3 Å². The van der Waals surface area contributed by atoms with Crippen molar-refractivity contribution in [2.45, 2.75) is 6.04 Å². The molecule has 88 valence electrons. The third-order valence-electron chi connectivity index (χ3n) is 2.30. The van der Waals surface area contributed by atoms with E-state index in [0.717, 1.165) is 0 Å². The van der Waals surface area contributed by atoms with Crippen LogP contribution < -0.4 is 10.5 Å². The lowest BCUT2D eigenvalue weighted by atomic mass is 10.2. The van der Waals surface area contributed by atoms with Gasteiger partial charge in [-0.05, 0) is 0 Å². The van der Waals surface area contributed by atoms with Crippen LogP contribution in [0.3, 0.4) is 0 Å². The van der Waals surface area contributed by atoms with Gasteiger partial charge in [-0.1, -0.05) is 0 Å². The lowest BCUT2D eigenvalue weighted by Gasteiger charge is -2.32. The Kier molecular flexibility index (Phi) is 4.03. The van der Waals surface area contributed by atoms with Gasteiger partial charge in [-0.2, -0.15) is 0 Å². The summed E-state index contributed by atoms with van der Waals surface area (Å²) in [6, 6.07) is -0.666. The number of carbonyl (C=O) groups is 1. The number of aliphatic carboxylic acids is 1. The maximum Gasteiger partial charge on any atom is 0.322 e. The summed E-state index contributed by atoms with van der Waals surface area (Å²) >= 11 is 0. The van der Waals surface area contributed by atoms with Gasteiger partial charge in [0.2, 0.25) is 10.0 Å². The van der Waals surface area contributed by atoms with Crippen LogP contribution in [-0.4, -0.2) is 62.4 Å². The first-order chi connectivity index (χ1) is 6.90. The summed E-state index contributed by atoms with van der Waals surface area (Å²) in [7, 11) is -3.53. The van der Waals surface area contributed by atoms with Crippen molar-refractivity contribution in [3.8, 4) is 0 Å². The molecule has 0 aromatic carbocycles. The molecular weight excluding hydrogens is 222 g/mol. The van der Waals surface area contributed by atoms with E-state index in [9.17, 15) is 13.2 Å². The van der Waals surface area contributed by atoms with Crippen LogP contribution in [0.15, 0.2) is 0 Å². The molecule has 7 nitrogen and oxygen atoms in total. The van der Waals surface area contributed by atoms with E-state index in [1.807, 2.05) is 0 Å². The molecule has 0 aromatic heterocycles. The molecular formula is C7H15N3O4S. The zero-order valence-corrected chi connectivity index (χ0v) is 9.03. The second-order valence-corrected chi connectivity index (χ2v) is 5.20. The highest BCUT2D eigenvalue weighted by molar-refractivity contribution is 7.89. The summed E-state index contributed by atoms with van der Waals surface area (Å²) in [4.78, 5) is 12.4. The fraction of sp³-hybridized carbons (Fsp3) is 0.857. The van der Waals surface area contributed by atoms with Crippen molar-refractivity contribution in [3.05, 3.63) is 0 Å². The van der Waals surface area contributed by atoms with E-state index in [1.165, 1.54) is 0 Å². The molecule has 0 bridgehead atoms. The minimum Gasteiger partial charge on any atom is -0.480 e. The van der Waals surface area contributed by atoms with E-state index < -0.39 is 22.0 Å². The van der Waals surface area contributed by atoms with Crippen molar-refractivity contribution in [3.63, 3.8) is 0 Å². The van der Waals surface area contributed by atoms with Crippen LogP contribution in [0.4, 0.5) is 0 Å². The third-order valence-corrected chi connectivity index (χ3v) is 3.05. The molecule has 15 heavy (non-hydrogen) atoms. The maximum atomic E-state index is 10.8. The maximum absolute atomic E-state index is 10.8. The van der Waals surface area contributed by atoms with Crippen molar-refractivity contribution in [1.29, 1.82) is 0 Å². The third kappa shape index (κ3) is 4.12. The highest BCUT2D eigenvalue weighted by atomic mass is 32.2. The molecule has 4 N–H and O–H groups in total. The number of piperazine rings is 1. The molecule has 0 amide bonds. The SMILES string of the molecule is NS(=O)(=O)CCN1CCNCC1C(=O)O. The first-order valence-corrected chi connectivity index (χ1v) is 6.30. The number of nitrogens with zero attached hydrogens (tertiary/aromatic N) is 1. The van der Waals surface area contributed by atoms with E-state index >= 15 is 0 Å². The molecule has 1 atom stereocenters. The summed E-state index contributed by atoms with van der Waals surface area (Å²) in [6.45, 7) is 1.68. The quantitative estimate of drug-likeness (QED) is 0.504. The Morgan fingerprint density at radius 3 is 2.80 bits per heavy atom. The molecule has 0 radical (unpaired) electrons. The molecule has 0 spiro atoms. The zero-order chi connectivity index (χ0) is 11.5. The number of carboxylic acids is 1. The standard InChI is InChI=1S/C7H15N3O4S/c8-15(13,14)4-3-10-2-1-9-5-6(10)7(11)12/h6,9H,1-5H2,(H,11,12)(H2,8,13,14). The zero-order valence-electron chi connectivity index (χ0n) is 8.22. The summed E-state index contributed by atoms with van der Waals surface area (Å²) < 4.78 is 21.5. The van der Waals surface area contributed by atoms with E-state index in [4.69, 9.17) is 10.2 Å². The van der Waals surface area contributed by atoms with Crippen molar-refractivity contribution < 1.29 is 18.3 Å².